The number of anilines is 1. The van der Waals surface area contributed by atoms with Gasteiger partial charge in [0.2, 0.25) is 0 Å². The van der Waals surface area contributed by atoms with Crippen molar-refractivity contribution in [1.82, 2.24) is 5.32 Å². The van der Waals surface area contributed by atoms with Crippen LogP contribution in [0.15, 0.2) is 18.2 Å². The van der Waals surface area contributed by atoms with E-state index in [1.165, 1.54) is 20.0 Å². The Morgan fingerprint density at radius 2 is 2.11 bits per heavy atom. The summed E-state index contributed by atoms with van der Waals surface area (Å²) in [5.41, 5.74) is 6.38. The molecular weight excluding hydrogens is 248 g/mol. The highest BCUT2D eigenvalue weighted by Crippen LogP contribution is 2.23. The van der Waals surface area contributed by atoms with E-state index < -0.39 is 12.1 Å². The van der Waals surface area contributed by atoms with Gasteiger partial charge in [0.15, 0.2) is 6.10 Å². The summed E-state index contributed by atoms with van der Waals surface area (Å²) in [5, 5.41) is 2.40. The van der Waals surface area contributed by atoms with Crippen molar-refractivity contribution in [2.45, 2.75) is 20.0 Å². The molecule has 0 aliphatic rings. The molecule has 0 fully saturated rings. The second-order valence-electron chi connectivity index (χ2n) is 3.85. The minimum atomic E-state index is -0.856. The Balaban J connectivity index is 2.78. The average molecular weight is 266 g/mol. The molecule has 1 atom stereocenters. The summed E-state index contributed by atoms with van der Waals surface area (Å²) in [7, 11) is 1.47. The minimum Gasteiger partial charge on any atom is -0.492 e. The standard InChI is InChI=1S/C13H18N2O4/c1-4-18-11-6-5-9(7-10(11)14)13(17)19-8(2)12(16)15-3/h5-8H,4,14H2,1-3H3,(H,15,16). The van der Waals surface area contributed by atoms with E-state index in [1.54, 1.807) is 12.1 Å². The Morgan fingerprint density at radius 3 is 2.63 bits per heavy atom. The fraction of sp³-hybridized carbons (Fsp3) is 0.385. The lowest BCUT2D eigenvalue weighted by molar-refractivity contribution is -0.128. The largest absolute Gasteiger partial charge is 0.492 e. The number of ether oxygens (including phenoxy) is 2. The summed E-state index contributed by atoms with van der Waals surface area (Å²) in [6.45, 7) is 3.82. The van der Waals surface area contributed by atoms with E-state index >= 15 is 0 Å². The Morgan fingerprint density at radius 1 is 1.42 bits per heavy atom. The van der Waals surface area contributed by atoms with Gasteiger partial charge in [0.1, 0.15) is 5.75 Å². The molecule has 0 spiro atoms. The second-order valence-corrected chi connectivity index (χ2v) is 3.85. The molecule has 1 unspecified atom stereocenters. The Hall–Kier alpha value is -2.24. The number of amides is 1. The zero-order chi connectivity index (χ0) is 14.4. The van der Waals surface area contributed by atoms with Crippen LogP contribution in [0.4, 0.5) is 5.69 Å². The van der Waals surface area contributed by atoms with Gasteiger partial charge in [-0.2, -0.15) is 0 Å². The third-order valence-electron chi connectivity index (χ3n) is 2.44. The summed E-state index contributed by atoms with van der Waals surface area (Å²) in [4.78, 5) is 23.1. The number of nitrogen functional groups attached to an aromatic ring is 1. The predicted octanol–water partition coefficient (Wildman–Crippen LogP) is 0.959. The number of hydrogen-bond donors (Lipinski definition) is 2. The first-order chi connectivity index (χ1) is 8.99. The zero-order valence-electron chi connectivity index (χ0n) is 11.2. The van der Waals surface area contributed by atoms with E-state index in [1.807, 2.05) is 6.92 Å². The third kappa shape index (κ3) is 3.87. The lowest BCUT2D eigenvalue weighted by Crippen LogP contribution is -2.33. The number of carbonyl (C=O) groups excluding carboxylic acids is 2. The number of hydrogen-bond acceptors (Lipinski definition) is 5. The van der Waals surface area contributed by atoms with E-state index in [0.717, 1.165) is 0 Å². The van der Waals surface area contributed by atoms with Crippen LogP contribution in [-0.2, 0) is 9.53 Å². The number of benzene rings is 1. The SMILES string of the molecule is CCOc1ccc(C(=O)OC(C)C(=O)NC)cc1N. The summed E-state index contributed by atoms with van der Waals surface area (Å²) < 4.78 is 10.3. The minimum absolute atomic E-state index is 0.275. The van der Waals surface area contributed by atoms with Crippen molar-refractivity contribution in [3.05, 3.63) is 23.8 Å². The fourth-order valence-corrected chi connectivity index (χ4v) is 1.45. The fourth-order valence-electron chi connectivity index (χ4n) is 1.45. The molecule has 3 N–H and O–H groups in total. The molecule has 19 heavy (non-hydrogen) atoms. The van der Waals surface area contributed by atoms with Gasteiger partial charge in [0.25, 0.3) is 5.91 Å². The van der Waals surface area contributed by atoms with Crippen LogP contribution in [0.5, 0.6) is 5.75 Å². The van der Waals surface area contributed by atoms with E-state index in [9.17, 15) is 9.59 Å². The monoisotopic (exact) mass is 266 g/mol. The van der Waals surface area contributed by atoms with E-state index in [4.69, 9.17) is 15.2 Å². The highest BCUT2D eigenvalue weighted by molar-refractivity contribution is 5.93. The number of carbonyl (C=O) groups is 2. The third-order valence-corrected chi connectivity index (χ3v) is 2.44. The van der Waals surface area contributed by atoms with E-state index in [-0.39, 0.29) is 11.5 Å². The first-order valence-electron chi connectivity index (χ1n) is 5.94. The van der Waals surface area contributed by atoms with Gasteiger partial charge in [0, 0.05) is 7.05 Å². The van der Waals surface area contributed by atoms with Crippen molar-refractivity contribution in [3.63, 3.8) is 0 Å². The molecule has 0 saturated carbocycles. The van der Waals surface area contributed by atoms with Crippen LogP contribution in [0.1, 0.15) is 24.2 Å². The van der Waals surface area contributed by atoms with Crippen LogP contribution in [0.3, 0.4) is 0 Å². The van der Waals surface area contributed by atoms with Crippen LogP contribution in [0.25, 0.3) is 0 Å². The first-order valence-corrected chi connectivity index (χ1v) is 5.94. The van der Waals surface area contributed by atoms with Gasteiger partial charge in [-0.15, -0.1) is 0 Å². The Bertz CT molecular complexity index is 474. The summed E-state index contributed by atoms with van der Waals surface area (Å²) in [6, 6.07) is 4.60. The number of nitrogens with two attached hydrogens (primary N) is 1. The molecule has 0 saturated heterocycles. The number of esters is 1. The lowest BCUT2D eigenvalue weighted by Gasteiger charge is -2.12. The van der Waals surface area contributed by atoms with Gasteiger partial charge in [0.05, 0.1) is 17.9 Å². The molecule has 0 bridgehead atoms. The molecule has 1 rings (SSSR count). The maximum atomic E-state index is 11.8. The van der Waals surface area contributed by atoms with Crippen molar-refractivity contribution in [1.29, 1.82) is 0 Å². The zero-order valence-corrected chi connectivity index (χ0v) is 11.2. The maximum absolute atomic E-state index is 11.8. The molecule has 0 heterocycles. The molecule has 104 valence electrons. The predicted molar refractivity (Wildman–Crippen MR) is 71.0 cm³/mol. The lowest BCUT2D eigenvalue weighted by atomic mass is 10.2. The smallest absolute Gasteiger partial charge is 0.338 e. The molecule has 0 aliphatic heterocycles. The quantitative estimate of drug-likeness (QED) is 0.612. The number of rotatable bonds is 5. The topological polar surface area (TPSA) is 90.6 Å². The molecular formula is C13H18N2O4. The van der Waals surface area contributed by atoms with Crippen LogP contribution in [-0.4, -0.2) is 31.6 Å². The van der Waals surface area contributed by atoms with E-state index in [2.05, 4.69) is 5.32 Å². The van der Waals surface area contributed by atoms with Crippen LogP contribution in [0.2, 0.25) is 0 Å². The number of likely N-dealkylation sites (N-methyl/N-ethyl adjacent to an activating group) is 1. The van der Waals surface area contributed by atoms with Gasteiger partial charge >= 0.3 is 5.97 Å². The molecule has 1 aromatic carbocycles. The molecule has 0 aromatic heterocycles. The summed E-state index contributed by atoms with van der Waals surface area (Å²) >= 11 is 0. The van der Waals surface area contributed by atoms with Gasteiger partial charge in [-0.25, -0.2) is 4.79 Å². The molecule has 0 radical (unpaired) electrons. The molecule has 6 nitrogen and oxygen atoms in total. The van der Waals surface area contributed by atoms with Gasteiger partial charge < -0.3 is 20.5 Å². The van der Waals surface area contributed by atoms with Crippen molar-refractivity contribution in [2.75, 3.05) is 19.4 Å². The molecule has 0 aliphatic carbocycles. The van der Waals surface area contributed by atoms with Crippen LogP contribution in [0, 0.1) is 0 Å². The highest BCUT2D eigenvalue weighted by atomic mass is 16.5. The summed E-state index contributed by atoms with van der Waals surface area (Å²) in [6.07, 6.45) is -0.856. The van der Waals surface area contributed by atoms with Crippen molar-refractivity contribution >= 4 is 17.6 Å². The van der Waals surface area contributed by atoms with Gasteiger partial charge in [-0.05, 0) is 32.0 Å². The van der Waals surface area contributed by atoms with E-state index in [0.29, 0.717) is 18.0 Å². The van der Waals surface area contributed by atoms with Crippen molar-refractivity contribution in [3.8, 4) is 5.75 Å². The van der Waals surface area contributed by atoms with Gasteiger partial charge in [-0.1, -0.05) is 0 Å². The molecule has 1 aromatic rings. The van der Waals surface area contributed by atoms with Crippen LogP contribution < -0.4 is 15.8 Å². The average Bonchev–Trinajstić information content (AvgIpc) is 2.40. The molecule has 6 heteroatoms. The van der Waals surface area contributed by atoms with Gasteiger partial charge in [-0.3, -0.25) is 4.79 Å². The summed E-state index contributed by atoms with van der Waals surface area (Å²) in [5.74, 6) is -0.462. The Labute approximate surface area is 111 Å². The Kier molecular flexibility index (Phi) is 5.17. The maximum Gasteiger partial charge on any atom is 0.338 e. The van der Waals surface area contributed by atoms with Crippen LogP contribution >= 0.6 is 0 Å². The normalized spacial score (nSPS) is 11.5. The molecule has 1 amide bonds. The first kappa shape index (κ1) is 14.8. The highest BCUT2D eigenvalue weighted by Gasteiger charge is 2.18. The van der Waals surface area contributed by atoms with Crippen molar-refractivity contribution < 1.29 is 19.1 Å². The second kappa shape index (κ2) is 6.63. The van der Waals surface area contributed by atoms with Crippen molar-refractivity contribution in [2.24, 2.45) is 0 Å². The number of nitrogens with one attached hydrogen (secondary N) is 1.